The van der Waals surface area contributed by atoms with Gasteiger partial charge in [-0.05, 0) is 24.6 Å². The summed E-state index contributed by atoms with van der Waals surface area (Å²) in [4.78, 5) is 11.5. The summed E-state index contributed by atoms with van der Waals surface area (Å²) >= 11 is 0. The number of halogens is 3. The highest BCUT2D eigenvalue weighted by Crippen LogP contribution is 2.24. The van der Waals surface area contributed by atoms with Gasteiger partial charge in [0.25, 0.3) is 0 Å². The topological polar surface area (TPSA) is 38.3 Å². The molecule has 0 fully saturated rings. The lowest BCUT2D eigenvalue weighted by molar-refractivity contribution is -0.127. The van der Waals surface area contributed by atoms with Gasteiger partial charge in [0, 0.05) is 5.56 Å². The van der Waals surface area contributed by atoms with Gasteiger partial charge in [-0.25, -0.2) is 4.79 Å². The van der Waals surface area contributed by atoms with Crippen LogP contribution in [0.3, 0.4) is 0 Å². The lowest BCUT2D eigenvalue weighted by Gasteiger charge is -2.11. The Morgan fingerprint density at radius 1 is 1.30 bits per heavy atom. The Bertz CT molecular complexity index is 625. The molecule has 0 heterocycles. The van der Waals surface area contributed by atoms with E-state index in [4.69, 9.17) is 4.74 Å². The Morgan fingerprint density at radius 3 is 2.48 bits per heavy atom. The minimum atomic E-state index is -4.29. The molecule has 0 aliphatic rings. The van der Waals surface area contributed by atoms with E-state index in [0.717, 1.165) is 0 Å². The van der Waals surface area contributed by atoms with Crippen molar-refractivity contribution < 1.29 is 22.7 Å². The average molecular weight is 343 g/mol. The molecule has 126 valence electrons. The summed E-state index contributed by atoms with van der Waals surface area (Å²) < 4.78 is 42.4. The average Bonchev–Trinajstić information content (AvgIpc) is 2.36. The van der Waals surface area contributed by atoms with Crippen LogP contribution in [0, 0.1) is 11.5 Å². The van der Waals surface area contributed by atoms with Gasteiger partial charge < -0.3 is 4.74 Å². The Balaban J connectivity index is 3.17. The summed E-state index contributed by atoms with van der Waals surface area (Å²) in [5.41, 5.74) is 3.90. The molecule has 1 amide bonds. The van der Waals surface area contributed by atoms with E-state index in [1.165, 1.54) is 18.2 Å². The molecule has 1 aromatic carbocycles. The van der Waals surface area contributed by atoms with Crippen LogP contribution < -0.4 is 5.32 Å². The standard InChI is InChI=1S/C16H20F3NO2Si/c1-5-22-15(21)20-14-7-6-12(11-16(17,18)19)10-13(14)8-9-23(2,3)4/h6-7,10H,5,11H2,1-4H3,(H,20,21). The maximum Gasteiger partial charge on any atom is 0.411 e. The van der Waals surface area contributed by atoms with E-state index in [1.807, 2.05) is 19.6 Å². The third-order valence-electron chi connectivity index (χ3n) is 2.57. The third kappa shape index (κ3) is 7.75. The molecule has 0 aromatic heterocycles. The Kier molecular flexibility index (Phi) is 6.27. The molecule has 0 bridgehead atoms. The number of alkyl halides is 3. The first kappa shape index (κ1) is 19.1. The number of hydrogen-bond donors (Lipinski definition) is 1. The summed E-state index contributed by atoms with van der Waals surface area (Å²) in [7, 11) is -1.71. The number of anilines is 1. The molecule has 0 saturated heterocycles. The number of amides is 1. The molecule has 1 aromatic rings. The van der Waals surface area contributed by atoms with E-state index in [9.17, 15) is 18.0 Å². The van der Waals surface area contributed by atoms with Crippen LogP contribution in [-0.2, 0) is 11.2 Å². The summed E-state index contributed by atoms with van der Waals surface area (Å²) in [6.45, 7) is 7.94. The maximum atomic E-state index is 12.5. The Morgan fingerprint density at radius 2 is 1.96 bits per heavy atom. The van der Waals surface area contributed by atoms with E-state index >= 15 is 0 Å². The van der Waals surface area contributed by atoms with Crippen molar-refractivity contribution in [1.82, 2.24) is 0 Å². The third-order valence-corrected chi connectivity index (χ3v) is 3.45. The van der Waals surface area contributed by atoms with Gasteiger partial charge in [-0.3, -0.25) is 5.32 Å². The molecule has 0 unspecified atom stereocenters. The van der Waals surface area contributed by atoms with Gasteiger partial charge in [-0.2, -0.15) is 13.2 Å². The predicted octanol–water partition coefficient (Wildman–Crippen LogP) is 4.59. The van der Waals surface area contributed by atoms with Gasteiger partial charge in [0.05, 0.1) is 18.7 Å². The lowest BCUT2D eigenvalue weighted by atomic mass is 10.1. The second kappa shape index (κ2) is 7.55. The fourth-order valence-electron chi connectivity index (χ4n) is 1.68. The molecular weight excluding hydrogens is 323 g/mol. The summed E-state index contributed by atoms with van der Waals surface area (Å²) in [5, 5.41) is 2.51. The van der Waals surface area contributed by atoms with Gasteiger partial charge in [0.15, 0.2) is 0 Å². The Labute approximate surface area is 135 Å². The van der Waals surface area contributed by atoms with Crippen molar-refractivity contribution in [1.29, 1.82) is 0 Å². The highest BCUT2D eigenvalue weighted by molar-refractivity contribution is 6.83. The van der Waals surface area contributed by atoms with Crippen molar-refractivity contribution in [3.05, 3.63) is 29.3 Å². The number of carbonyl (C=O) groups is 1. The van der Waals surface area contributed by atoms with Crippen molar-refractivity contribution in [2.24, 2.45) is 0 Å². The van der Waals surface area contributed by atoms with E-state index in [-0.39, 0.29) is 12.2 Å². The van der Waals surface area contributed by atoms with E-state index in [0.29, 0.717) is 11.3 Å². The number of nitrogens with one attached hydrogen (secondary N) is 1. The highest BCUT2D eigenvalue weighted by Gasteiger charge is 2.27. The molecule has 0 aliphatic carbocycles. The van der Waals surface area contributed by atoms with Crippen LogP contribution in [0.5, 0.6) is 0 Å². The molecule has 1 N–H and O–H groups in total. The first-order valence-corrected chi connectivity index (χ1v) is 10.7. The molecule has 0 aliphatic heterocycles. The van der Waals surface area contributed by atoms with E-state index in [1.54, 1.807) is 6.92 Å². The predicted molar refractivity (Wildman–Crippen MR) is 87.1 cm³/mol. The summed E-state index contributed by atoms with van der Waals surface area (Å²) in [6.07, 6.45) is -5.99. The van der Waals surface area contributed by atoms with Gasteiger partial charge in [-0.1, -0.05) is 31.6 Å². The SMILES string of the molecule is CCOC(=O)Nc1ccc(CC(F)(F)F)cc1C#C[Si](C)(C)C. The summed E-state index contributed by atoms with van der Waals surface area (Å²) in [5.74, 6) is 2.90. The molecule has 23 heavy (non-hydrogen) atoms. The molecule has 0 radical (unpaired) electrons. The fraction of sp³-hybridized carbons (Fsp3) is 0.438. The van der Waals surface area contributed by atoms with Crippen LogP contribution >= 0.6 is 0 Å². The van der Waals surface area contributed by atoms with Crippen LogP contribution in [0.4, 0.5) is 23.7 Å². The van der Waals surface area contributed by atoms with Gasteiger partial charge >= 0.3 is 12.3 Å². The first-order valence-electron chi connectivity index (χ1n) is 7.17. The first-order chi connectivity index (χ1) is 10.5. The number of carbonyl (C=O) groups excluding carboxylic acids is 1. The second-order valence-electron chi connectivity index (χ2n) is 6.02. The van der Waals surface area contributed by atoms with Crippen molar-refractivity contribution in [2.75, 3.05) is 11.9 Å². The zero-order chi connectivity index (χ0) is 17.7. The van der Waals surface area contributed by atoms with Gasteiger partial charge in [-0.15, -0.1) is 5.54 Å². The smallest absolute Gasteiger partial charge is 0.411 e. The minimum Gasteiger partial charge on any atom is -0.450 e. The van der Waals surface area contributed by atoms with E-state index < -0.39 is 26.8 Å². The summed E-state index contributed by atoms with van der Waals surface area (Å²) in [6, 6.07) is 4.11. The molecule has 0 atom stereocenters. The zero-order valence-electron chi connectivity index (χ0n) is 13.6. The molecule has 0 spiro atoms. The van der Waals surface area contributed by atoms with Crippen molar-refractivity contribution in [3.8, 4) is 11.5 Å². The number of benzene rings is 1. The number of hydrogen-bond acceptors (Lipinski definition) is 2. The lowest BCUT2D eigenvalue weighted by Crippen LogP contribution is -2.17. The normalized spacial score (nSPS) is 11.4. The number of ether oxygens (including phenoxy) is 1. The molecule has 3 nitrogen and oxygen atoms in total. The maximum absolute atomic E-state index is 12.5. The van der Waals surface area contributed by atoms with Crippen LogP contribution in [-0.4, -0.2) is 27.0 Å². The molecule has 0 saturated carbocycles. The molecule has 7 heteroatoms. The largest absolute Gasteiger partial charge is 0.450 e. The number of rotatable bonds is 3. The van der Waals surface area contributed by atoms with Crippen LogP contribution in [0.2, 0.25) is 19.6 Å². The van der Waals surface area contributed by atoms with E-state index in [2.05, 4.69) is 16.8 Å². The fourth-order valence-corrected chi connectivity index (χ4v) is 2.19. The minimum absolute atomic E-state index is 0.104. The monoisotopic (exact) mass is 343 g/mol. The quantitative estimate of drug-likeness (QED) is 0.644. The highest BCUT2D eigenvalue weighted by atomic mass is 28.3. The van der Waals surface area contributed by atoms with Crippen LogP contribution in [0.25, 0.3) is 0 Å². The van der Waals surface area contributed by atoms with Gasteiger partial charge in [0.2, 0.25) is 0 Å². The second-order valence-corrected chi connectivity index (χ2v) is 10.8. The zero-order valence-corrected chi connectivity index (χ0v) is 14.6. The molecule has 1 rings (SSSR count). The van der Waals surface area contributed by atoms with Crippen LogP contribution in [0.15, 0.2) is 18.2 Å². The van der Waals surface area contributed by atoms with Crippen molar-refractivity contribution in [3.63, 3.8) is 0 Å². The van der Waals surface area contributed by atoms with Crippen molar-refractivity contribution >= 4 is 19.9 Å². The Hall–Kier alpha value is -1.94. The van der Waals surface area contributed by atoms with Crippen molar-refractivity contribution in [2.45, 2.75) is 39.2 Å². The molecular formula is C16H20F3NO2Si. The van der Waals surface area contributed by atoms with Gasteiger partial charge in [0.1, 0.15) is 8.07 Å². The van der Waals surface area contributed by atoms with Crippen LogP contribution in [0.1, 0.15) is 18.1 Å².